The molecule has 2 heteroatoms. The van der Waals surface area contributed by atoms with Crippen molar-refractivity contribution in [2.24, 2.45) is 0 Å². The highest BCUT2D eigenvalue weighted by molar-refractivity contribution is 5.22. The second-order valence-corrected chi connectivity index (χ2v) is 4.69. The average molecular weight is 219 g/mol. The Morgan fingerprint density at radius 1 is 1.12 bits per heavy atom. The van der Waals surface area contributed by atoms with Crippen LogP contribution in [0.4, 0.5) is 0 Å². The van der Waals surface area contributed by atoms with Crippen molar-refractivity contribution in [1.82, 2.24) is 5.32 Å². The monoisotopic (exact) mass is 219 g/mol. The van der Waals surface area contributed by atoms with Crippen molar-refractivity contribution in [2.45, 2.75) is 51.3 Å². The summed E-state index contributed by atoms with van der Waals surface area (Å²) < 4.78 is 0. The average Bonchev–Trinajstić information content (AvgIpc) is 2.38. The first kappa shape index (κ1) is 11.6. The van der Waals surface area contributed by atoms with Crippen molar-refractivity contribution in [3.63, 3.8) is 0 Å². The van der Waals surface area contributed by atoms with Gasteiger partial charge in [-0.1, -0.05) is 43.5 Å². The number of rotatable bonds is 4. The number of hydrogen-bond acceptors (Lipinski definition) is 2. The highest BCUT2D eigenvalue weighted by Crippen LogP contribution is 2.17. The topological polar surface area (TPSA) is 32.3 Å². The fourth-order valence-electron chi connectivity index (χ4n) is 2.41. The van der Waals surface area contributed by atoms with Gasteiger partial charge >= 0.3 is 0 Å². The van der Waals surface area contributed by atoms with Crippen molar-refractivity contribution in [2.75, 3.05) is 0 Å². The van der Waals surface area contributed by atoms with Gasteiger partial charge < -0.3 is 10.4 Å². The van der Waals surface area contributed by atoms with Crippen LogP contribution in [0.1, 0.15) is 43.2 Å². The van der Waals surface area contributed by atoms with Crippen LogP contribution in [0.3, 0.4) is 0 Å². The molecular formula is C14H21NO. The van der Waals surface area contributed by atoms with Gasteiger partial charge in [-0.05, 0) is 24.0 Å². The van der Waals surface area contributed by atoms with Gasteiger partial charge in [0.1, 0.15) is 0 Å². The molecule has 0 unspecified atom stereocenters. The van der Waals surface area contributed by atoms with Gasteiger partial charge in [-0.3, -0.25) is 0 Å². The van der Waals surface area contributed by atoms with Gasteiger partial charge in [-0.15, -0.1) is 0 Å². The number of aliphatic hydroxyl groups is 1. The molecule has 0 amide bonds. The molecule has 0 spiro atoms. The molecular weight excluding hydrogens is 198 g/mol. The molecule has 1 aromatic rings. The summed E-state index contributed by atoms with van der Waals surface area (Å²) in [6.45, 7) is 1.07. The quantitative estimate of drug-likeness (QED) is 0.816. The van der Waals surface area contributed by atoms with Crippen LogP contribution >= 0.6 is 0 Å². The summed E-state index contributed by atoms with van der Waals surface area (Å²) in [4.78, 5) is 0. The first-order valence-corrected chi connectivity index (χ1v) is 6.30. The van der Waals surface area contributed by atoms with Crippen molar-refractivity contribution >= 4 is 0 Å². The van der Waals surface area contributed by atoms with Crippen LogP contribution in [-0.4, -0.2) is 11.1 Å². The first-order chi connectivity index (χ1) is 7.88. The minimum absolute atomic E-state index is 0.136. The molecule has 2 nitrogen and oxygen atoms in total. The third-order valence-corrected chi connectivity index (χ3v) is 3.37. The van der Waals surface area contributed by atoms with E-state index < -0.39 is 0 Å². The Morgan fingerprint density at radius 2 is 1.88 bits per heavy atom. The maximum Gasteiger partial charge on any atom is 0.0681 e. The number of nitrogens with one attached hydrogen (secondary N) is 1. The summed E-state index contributed by atoms with van der Waals surface area (Å²) in [5, 5.41) is 12.7. The molecule has 0 aromatic heterocycles. The zero-order valence-electron chi connectivity index (χ0n) is 9.78. The van der Waals surface area contributed by atoms with Gasteiger partial charge in [-0.2, -0.15) is 0 Å². The van der Waals surface area contributed by atoms with Crippen LogP contribution < -0.4 is 5.32 Å². The molecule has 2 rings (SSSR count). The minimum atomic E-state index is 0.136. The lowest BCUT2D eigenvalue weighted by atomic mass is 9.95. The zero-order chi connectivity index (χ0) is 11.2. The summed E-state index contributed by atoms with van der Waals surface area (Å²) in [6.07, 6.45) is 6.78. The number of benzene rings is 1. The highest BCUT2D eigenvalue weighted by atomic mass is 16.3. The van der Waals surface area contributed by atoms with Crippen LogP contribution in [0.5, 0.6) is 0 Å². The van der Waals surface area contributed by atoms with Crippen LogP contribution in [0.2, 0.25) is 0 Å². The Balaban J connectivity index is 1.83. The Bertz CT molecular complexity index is 318. The molecule has 0 bridgehead atoms. The van der Waals surface area contributed by atoms with E-state index in [9.17, 15) is 0 Å². The maximum atomic E-state index is 9.06. The minimum Gasteiger partial charge on any atom is -0.392 e. The summed E-state index contributed by atoms with van der Waals surface area (Å²) in [7, 11) is 0. The van der Waals surface area contributed by atoms with Gasteiger partial charge in [-0.25, -0.2) is 0 Å². The zero-order valence-corrected chi connectivity index (χ0v) is 9.78. The molecule has 1 aliphatic rings. The molecule has 2 N–H and O–H groups in total. The van der Waals surface area contributed by atoms with Crippen molar-refractivity contribution < 1.29 is 5.11 Å². The fourth-order valence-corrected chi connectivity index (χ4v) is 2.41. The first-order valence-electron chi connectivity index (χ1n) is 6.30. The molecule has 0 heterocycles. The SMILES string of the molecule is OCc1cccc(CNC2CCCCC2)c1. The molecule has 1 aromatic carbocycles. The van der Waals surface area contributed by atoms with Gasteiger partial charge in [0.25, 0.3) is 0 Å². The lowest BCUT2D eigenvalue weighted by Crippen LogP contribution is -2.30. The lowest BCUT2D eigenvalue weighted by molar-refractivity contribution is 0.281. The Morgan fingerprint density at radius 3 is 2.62 bits per heavy atom. The Labute approximate surface area is 97.7 Å². The molecule has 1 fully saturated rings. The van der Waals surface area contributed by atoms with Crippen LogP contribution in [-0.2, 0) is 13.2 Å². The second kappa shape index (κ2) is 6.02. The van der Waals surface area contributed by atoms with Crippen molar-refractivity contribution in [1.29, 1.82) is 0 Å². The van der Waals surface area contributed by atoms with E-state index in [2.05, 4.69) is 17.4 Å². The summed E-state index contributed by atoms with van der Waals surface area (Å²) in [5.74, 6) is 0. The number of aliphatic hydroxyl groups excluding tert-OH is 1. The second-order valence-electron chi connectivity index (χ2n) is 4.69. The molecule has 88 valence electrons. The predicted molar refractivity (Wildman–Crippen MR) is 66.1 cm³/mol. The summed E-state index contributed by atoms with van der Waals surface area (Å²) in [6, 6.07) is 8.88. The van der Waals surface area contributed by atoms with Crippen molar-refractivity contribution in [3.05, 3.63) is 35.4 Å². The van der Waals surface area contributed by atoms with E-state index in [4.69, 9.17) is 5.11 Å². The summed E-state index contributed by atoms with van der Waals surface area (Å²) in [5.41, 5.74) is 2.28. The van der Waals surface area contributed by atoms with E-state index in [-0.39, 0.29) is 6.61 Å². The molecule has 1 saturated carbocycles. The number of hydrogen-bond donors (Lipinski definition) is 2. The molecule has 1 aliphatic carbocycles. The van der Waals surface area contributed by atoms with Crippen LogP contribution in [0.15, 0.2) is 24.3 Å². The highest BCUT2D eigenvalue weighted by Gasteiger charge is 2.12. The summed E-state index contributed by atoms with van der Waals surface area (Å²) >= 11 is 0. The van der Waals surface area contributed by atoms with Gasteiger partial charge in [0.15, 0.2) is 0 Å². The third-order valence-electron chi connectivity index (χ3n) is 3.37. The maximum absolute atomic E-state index is 9.06. The smallest absolute Gasteiger partial charge is 0.0681 e. The molecule has 16 heavy (non-hydrogen) atoms. The van der Waals surface area contributed by atoms with E-state index >= 15 is 0 Å². The van der Waals surface area contributed by atoms with E-state index in [1.807, 2.05) is 12.1 Å². The predicted octanol–water partition coefficient (Wildman–Crippen LogP) is 2.60. The molecule has 0 radical (unpaired) electrons. The fraction of sp³-hybridized carbons (Fsp3) is 0.571. The molecule has 0 atom stereocenters. The standard InChI is InChI=1S/C14H21NO/c16-11-13-6-4-5-12(9-13)10-15-14-7-2-1-3-8-14/h4-6,9,14-16H,1-3,7-8,10-11H2. The van der Waals surface area contributed by atoms with Crippen molar-refractivity contribution in [3.8, 4) is 0 Å². The van der Waals surface area contributed by atoms with E-state index in [0.29, 0.717) is 6.04 Å². The molecule has 0 aliphatic heterocycles. The van der Waals surface area contributed by atoms with E-state index in [0.717, 1.165) is 12.1 Å². The van der Waals surface area contributed by atoms with Gasteiger partial charge in [0, 0.05) is 12.6 Å². The van der Waals surface area contributed by atoms with E-state index in [1.165, 1.54) is 37.7 Å². The largest absolute Gasteiger partial charge is 0.392 e. The molecule has 0 saturated heterocycles. The van der Waals surface area contributed by atoms with Crippen LogP contribution in [0, 0.1) is 0 Å². The van der Waals surface area contributed by atoms with Gasteiger partial charge in [0.05, 0.1) is 6.61 Å². The lowest BCUT2D eigenvalue weighted by Gasteiger charge is -2.22. The van der Waals surface area contributed by atoms with Gasteiger partial charge in [0.2, 0.25) is 0 Å². The van der Waals surface area contributed by atoms with E-state index in [1.54, 1.807) is 0 Å². The Kier molecular flexibility index (Phi) is 4.37. The van der Waals surface area contributed by atoms with Crippen LogP contribution in [0.25, 0.3) is 0 Å². The Hall–Kier alpha value is -0.860. The third kappa shape index (κ3) is 3.32. The normalized spacial score (nSPS) is 17.6.